The normalized spacial score (nSPS) is 11.8. The number of nitrogens with zero attached hydrogens (tertiary/aromatic N) is 3. The zero-order valence-corrected chi connectivity index (χ0v) is 17.0. The summed E-state index contributed by atoms with van der Waals surface area (Å²) >= 11 is 1.61. The molecule has 6 nitrogen and oxygen atoms in total. The quantitative estimate of drug-likeness (QED) is 0.572. The van der Waals surface area contributed by atoms with Crippen molar-refractivity contribution in [1.29, 1.82) is 0 Å². The van der Waals surface area contributed by atoms with Crippen molar-refractivity contribution < 1.29 is 14.1 Å². The van der Waals surface area contributed by atoms with Crippen molar-refractivity contribution >= 4 is 17.7 Å². The van der Waals surface area contributed by atoms with E-state index in [0.717, 1.165) is 17.1 Å². The molecule has 0 saturated carbocycles. The topological polar surface area (TPSA) is 68.5 Å². The SMILES string of the molecule is COc1ccc(-c2noc(CN(C)C(=O)[C@H](C)SCc3ccccc3)n2)cc1. The monoisotopic (exact) mass is 397 g/mol. The molecule has 3 aromatic rings. The van der Waals surface area contributed by atoms with Crippen molar-refractivity contribution in [2.75, 3.05) is 14.2 Å². The number of hydrogen-bond acceptors (Lipinski definition) is 6. The maximum absolute atomic E-state index is 12.6. The second-order valence-electron chi connectivity index (χ2n) is 6.37. The molecule has 0 aliphatic rings. The minimum absolute atomic E-state index is 0.0325. The highest BCUT2D eigenvalue weighted by Crippen LogP contribution is 2.21. The maximum Gasteiger partial charge on any atom is 0.246 e. The van der Waals surface area contributed by atoms with Crippen molar-refractivity contribution in [3.63, 3.8) is 0 Å². The molecule has 1 amide bonds. The summed E-state index contributed by atoms with van der Waals surface area (Å²) in [6.45, 7) is 2.20. The maximum atomic E-state index is 12.6. The predicted octanol–water partition coefficient (Wildman–Crippen LogP) is 4.03. The number of carbonyl (C=O) groups excluding carboxylic acids is 1. The second-order valence-corrected chi connectivity index (χ2v) is 7.70. The van der Waals surface area contributed by atoms with Crippen LogP contribution in [0.25, 0.3) is 11.4 Å². The van der Waals surface area contributed by atoms with Gasteiger partial charge in [-0.25, -0.2) is 0 Å². The van der Waals surface area contributed by atoms with Crippen LogP contribution in [0.5, 0.6) is 5.75 Å². The summed E-state index contributed by atoms with van der Waals surface area (Å²) < 4.78 is 10.5. The Kier molecular flexibility index (Phi) is 6.71. The average molecular weight is 398 g/mol. The van der Waals surface area contributed by atoms with E-state index in [1.54, 1.807) is 30.8 Å². The van der Waals surface area contributed by atoms with Gasteiger partial charge in [-0.1, -0.05) is 35.5 Å². The van der Waals surface area contributed by atoms with Gasteiger partial charge < -0.3 is 14.2 Å². The fourth-order valence-electron chi connectivity index (χ4n) is 2.63. The van der Waals surface area contributed by atoms with Crippen LogP contribution in [0.1, 0.15) is 18.4 Å². The van der Waals surface area contributed by atoms with E-state index < -0.39 is 0 Å². The third kappa shape index (κ3) is 5.13. The molecule has 1 aromatic heterocycles. The van der Waals surface area contributed by atoms with E-state index in [-0.39, 0.29) is 17.7 Å². The van der Waals surface area contributed by atoms with Crippen molar-refractivity contribution in [2.24, 2.45) is 0 Å². The standard InChI is InChI=1S/C21H23N3O3S/c1-15(28-14-16-7-5-4-6-8-16)21(25)24(2)13-19-22-20(23-27-19)17-9-11-18(26-3)12-10-17/h4-12,15H,13-14H2,1-3H3/t15-/m0/s1. The molecular weight excluding hydrogens is 374 g/mol. The first kappa shape index (κ1) is 19.9. The van der Waals surface area contributed by atoms with Crippen LogP contribution < -0.4 is 4.74 Å². The summed E-state index contributed by atoms with van der Waals surface area (Å²) in [5, 5.41) is 3.85. The first-order chi connectivity index (χ1) is 13.6. The molecule has 0 unspecified atom stereocenters. The first-order valence-corrected chi connectivity index (χ1v) is 9.99. The Morgan fingerprint density at radius 3 is 2.57 bits per heavy atom. The van der Waals surface area contributed by atoms with Gasteiger partial charge in [-0.05, 0) is 36.8 Å². The fourth-order valence-corrected chi connectivity index (χ4v) is 3.59. The molecule has 0 aliphatic heterocycles. The zero-order chi connectivity index (χ0) is 19.9. The summed E-state index contributed by atoms with van der Waals surface area (Å²) in [5.41, 5.74) is 2.03. The highest BCUT2D eigenvalue weighted by molar-refractivity contribution is 7.99. The van der Waals surface area contributed by atoms with E-state index >= 15 is 0 Å². The van der Waals surface area contributed by atoms with Gasteiger partial charge in [-0.2, -0.15) is 4.98 Å². The van der Waals surface area contributed by atoms with Crippen LogP contribution in [-0.2, 0) is 17.1 Å². The van der Waals surface area contributed by atoms with Gasteiger partial charge in [0.2, 0.25) is 17.6 Å². The smallest absolute Gasteiger partial charge is 0.246 e. The summed E-state index contributed by atoms with van der Waals surface area (Å²) in [6.07, 6.45) is 0. The number of aromatic nitrogens is 2. The Bertz CT molecular complexity index is 897. The molecule has 0 fully saturated rings. The van der Waals surface area contributed by atoms with Gasteiger partial charge in [0.15, 0.2) is 0 Å². The third-order valence-corrected chi connectivity index (χ3v) is 5.46. The van der Waals surface area contributed by atoms with E-state index in [1.165, 1.54) is 5.56 Å². The number of methoxy groups -OCH3 is 1. The van der Waals surface area contributed by atoms with Crippen LogP contribution in [0.3, 0.4) is 0 Å². The molecule has 0 spiro atoms. The van der Waals surface area contributed by atoms with Gasteiger partial charge in [0.05, 0.1) is 18.9 Å². The van der Waals surface area contributed by atoms with Crippen molar-refractivity contribution in [3.8, 4) is 17.1 Å². The highest BCUT2D eigenvalue weighted by atomic mass is 32.2. The van der Waals surface area contributed by atoms with Gasteiger partial charge in [-0.3, -0.25) is 4.79 Å². The molecular formula is C21H23N3O3S. The molecule has 2 aromatic carbocycles. The highest BCUT2D eigenvalue weighted by Gasteiger charge is 2.20. The number of ether oxygens (including phenoxy) is 1. The molecule has 3 rings (SSSR count). The number of benzene rings is 2. The summed E-state index contributed by atoms with van der Waals surface area (Å²) in [6, 6.07) is 17.5. The predicted molar refractivity (Wildman–Crippen MR) is 110 cm³/mol. The molecule has 1 heterocycles. The van der Waals surface area contributed by atoms with Crippen LogP contribution >= 0.6 is 11.8 Å². The number of rotatable bonds is 8. The van der Waals surface area contributed by atoms with Gasteiger partial charge in [-0.15, -0.1) is 11.8 Å². The summed E-state index contributed by atoms with van der Waals surface area (Å²) in [5.74, 6) is 2.49. The molecule has 7 heteroatoms. The van der Waals surface area contributed by atoms with Gasteiger partial charge in [0, 0.05) is 18.4 Å². The number of carbonyl (C=O) groups is 1. The minimum Gasteiger partial charge on any atom is -0.497 e. The van der Waals surface area contributed by atoms with Gasteiger partial charge >= 0.3 is 0 Å². The van der Waals surface area contributed by atoms with Crippen LogP contribution in [0.4, 0.5) is 0 Å². The minimum atomic E-state index is -0.158. The lowest BCUT2D eigenvalue weighted by atomic mass is 10.2. The Hall–Kier alpha value is -2.80. The lowest BCUT2D eigenvalue weighted by Crippen LogP contribution is -2.33. The Labute approximate surface area is 168 Å². The van der Waals surface area contributed by atoms with E-state index in [0.29, 0.717) is 11.7 Å². The number of thioether (sulfide) groups is 1. The number of amides is 1. The van der Waals surface area contributed by atoms with Gasteiger partial charge in [0.1, 0.15) is 5.75 Å². The van der Waals surface area contributed by atoms with Crippen molar-refractivity contribution in [1.82, 2.24) is 15.0 Å². The van der Waals surface area contributed by atoms with Gasteiger partial charge in [0.25, 0.3) is 0 Å². The molecule has 0 bridgehead atoms. The molecule has 146 valence electrons. The molecule has 28 heavy (non-hydrogen) atoms. The first-order valence-electron chi connectivity index (χ1n) is 8.94. The van der Waals surface area contributed by atoms with E-state index in [2.05, 4.69) is 22.3 Å². The van der Waals surface area contributed by atoms with Crippen LogP contribution in [0.2, 0.25) is 0 Å². The average Bonchev–Trinajstić information content (AvgIpc) is 3.20. The summed E-state index contributed by atoms with van der Waals surface area (Å²) in [7, 11) is 3.37. The number of hydrogen-bond donors (Lipinski definition) is 0. The lowest BCUT2D eigenvalue weighted by Gasteiger charge is -2.19. The fraction of sp³-hybridized carbons (Fsp3) is 0.286. The van der Waals surface area contributed by atoms with Crippen LogP contribution in [0, 0.1) is 0 Å². The van der Waals surface area contributed by atoms with E-state index in [9.17, 15) is 4.79 Å². The molecule has 0 radical (unpaired) electrons. The second kappa shape index (κ2) is 9.41. The molecule has 1 atom stereocenters. The van der Waals surface area contributed by atoms with E-state index in [1.807, 2.05) is 49.4 Å². The Morgan fingerprint density at radius 2 is 1.89 bits per heavy atom. The Balaban J connectivity index is 1.55. The third-order valence-electron chi connectivity index (χ3n) is 4.26. The zero-order valence-electron chi connectivity index (χ0n) is 16.2. The van der Waals surface area contributed by atoms with Crippen LogP contribution in [0.15, 0.2) is 59.1 Å². The van der Waals surface area contributed by atoms with Crippen molar-refractivity contribution in [2.45, 2.75) is 24.5 Å². The molecule has 0 saturated heterocycles. The Morgan fingerprint density at radius 1 is 1.18 bits per heavy atom. The van der Waals surface area contributed by atoms with Crippen molar-refractivity contribution in [3.05, 3.63) is 66.1 Å². The van der Waals surface area contributed by atoms with Crippen LogP contribution in [-0.4, -0.2) is 40.4 Å². The molecule has 0 N–H and O–H groups in total. The molecule has 0 aliphatic carbocycles. The largest absolute Gasteiger partial charge is 0.497 e. The lowest BCUT2D eigenvalue weighted by molar-refractivity contribution is -0.129. The summed E-state index contributed by atoms with van der Waals surface area (Å²) in [4.78, 5) is 18.6. The van der Waals surface area contributed by atoms with E-state index in [4.69, 9.17) is 9.26 Å².